The lowest BCUT2D eigenvalue weighted by atomic mass is 10.1. The van der Waals surface area contributed by atoms with Crippen LogP contribution in [0.1, 0.15) is 29.8 Å². The predicted octanol–water partition coefficient (Wildman–Crippen LogP) is 3.74. The molecule has 0 aliphatic heterocycles. The lowest BCUT2D eigenvalue weighted by Crippen LogP contribution is -2.16. The molecule has 26 heavy (non-hydrogen) atoms. The third kappa shape index (κ3) is 3.59. The van der Waals surface area contributed by atoms with E-state index in [2.05, 4.69) is 10.1 Å². The maximum Gasteiger partial charge on any atom is 0.336 e. The number of aromatic nitrogens is 3. The van der Waals surface area contributed by atoms with Crippen LogP contribution in [0.4, 0.5) is 0 Å². The van der Waals surface area contributed by atoms with Crippen LogP contribution < -0.4 is 9.47 Å². The number of hydrogen-bond donors (Lipinski definition) is 0. The number of methoxy groups -OCH3 is 1. The predicted molar refractivity (Wildman–Crippen MR) is 98.7 cm³/mol. The molecule has 0 aliphatic rings. The molecular formula is C20H21N3O3. The van der Waals surface area contributed by atoms with Crippen LogP contribution in [0.5, 0.6) is 11.8 Å². The number of carbonyl (C=O) groups is 1. The van der Waals surface area contributed by atoms with Crippen LogP contribution in [-0.2, 0) is 0 Å². The molecule has 0 bridgehead atoms. The second kappa shape index (κ2) is 7.39. The highest BCUT2D eigenvalue weighted by Gasteiger charge is 2.22. The van der Waals surface area contributed by atoms with E-state index in [0.29, 0.717) is 17.1 Å². The molecule has 134 valence electrons. The molecule has 2 aromatic carbocycles. The van der Waals surface area contributed by atoms with Gasteiger partial charge in [-0.05, 0) is 32.9 Å². The molecule has 0 saturated heterocycles. The minimum absolute atomic E-state index is 0.0990. The van der Waals surface area contributed by atoms with E-state index < -0.39 is 0 Å². The number of hydrogen-bond acceptors (Lipinski definition) is 5. The summed E-state index contributed by atoms with van der Waals surface area (Å²) in [5, 5.41) is 4.28. The standard InChI is InChI=1S/C20H21N3O3/c1-13(2)26-20-21-18(15-11-9-14(3)10-12-15)23(22-20)19(24)16-7-5-6-8-17(16)25-4/h5-13H,1-4H3. The quantitative estimate of drug-likeness (QED) is 0.700. The number of aryl methyl sites for hydroxylation is 1. The molecule has 0 aliphatic carbocycles. The first kappa shape index (κ1) is 17.7. The molecule has 0 atom stereocenters. The van der Waals surface area contributed by atoms with E-state index in [1.54, 1.807) is 18.2 Å². The Kier molecular flexibility index (Phi) is 5.02. The van der Waals surface area contributed by atoms with Gasteiger partial charge in [-0.1, -0.05) is 42.0 Å². The fourth-order valence-electron chi connectivity index (χ4n) is 2.52. The van der Waals surface area contributed by atoms with Crippen molar-refractivity contribution < 1.29 is 14.3 Å². The molecule has 0 spiro atoms. The molecule has 6 nitrogen and oxygen atoms in total. The van der Waals surface area contributed by atoms with Crippen LogP contribution in [-0.4, -0.2) is 33.9 Å². The molecule has 0 saturated carbocycles. The van der Waals surface area contributed by atoms with Crippen molar-refractivity contribution in [3.63, 3.8) is 0 Å². The molecule has 0 amide bonds. The molecular weight excluding hydrogens is 330 g/mol. The summed E-state index contributed by atoms with van der Waals surface area (Å²) in [5.41, 5.74) is 2.31. The van der Waals surface area contributed by atoms with Crippen LogP contribution in [0.25, 0.3) is 11.4 Å². The molecule has 3 rings (SSSR count). The number of rotatable bonds is 5. The monoisotopic (exact) mass is 351 g/mol. The number of nitrogens with zero attached hydrogens (tertiary/aromatic N) is 3. The van der Waals surface area contributed by atoms with Crippen LogP contribution in [0.15, 0.2) is 48.5 Å². The third-order valence-corrected chi connectivity index (χ3v) is 3.77. The van der Waals surface area contributed by atoms with Crippen molar-refractivity contribution in [2.75, 3.05) is 7.11 Å². The fraction of sp³-hybridized carbons (Fsp3) is 0.250. The molecule has 0 unspecified atom stereocenters. The molecule has 1 heterocycles. The Hall–Kier alpha value is -3.15. The number of para-hydroxylation sites is 1. The Labute approximate surface area is 152 Å². The van der Waals surface area contributed by atoms with Gasteiger partial charge >= 0.3 is 6.01 Å². The van der Waals surface area contributed by atoms with Crippen molar-refractivity contribution in [3.8, 4) is 23.1 Å². The Morgan fingerprint density at radius 3 is 2.42 bits per heavy atom. The van der Waals surface area contributed by atoms with E-state index in [4.69, 9.17) is 9.47 Å². The highest BCUT2D eigenvalue weighted by atomic mass is 16.5. The normalized spacial score (nSPS) is 10.8. The van der Waals surface area contributed by atoms with E-state index in [0.717, 1.165) is 11.1 Å². The molecule has 3 aromatic rings. The van der Waals surface area contributed by atoms with Crippen molar-refractivity contribution >= 4 is 5.91 Å². The van der Waals surface area contributed by atoms with Gasteiger partial charge in [0.1, 0.15) is 5.75 Å². The molecule has 0 radical (unpaired) electrons. The van der Waals surface area contributed by atoms with Gasteiger partial charge in [-0.3, -0.25) is 4.79 Å². The van der Waals surface area contributed by atoms with Gasteiger partial charge < -0.3 is 9.47 Å². The summed E-state index contributed by atoms with van der Waals surface area (Å²) in [5.74, 6) is 0.579. The highest BCUT2D eigenvalue weighted by molar-refractivity contribution is 5.99. The smallest absolute Gasteiger partial charge is 0.336 e. The molecule has 0 N–H and O–H groups in total. The van der Waals surface area contributed by atoms with E-state index in [-0.39, 0.29) is 18.0 Å². The van der Waals surface area contributed by atoms with Gasteiger partial charge in [0.05, 0.1) is 18.8 Å². The maximum absolute atomic E-state index is 13.1. The van der Waals surface area contributed by atoms with E-state index in [1.807, 2.05) is 51.1 Å². The summed E-state index contributed by atoms with van der Waals surface area (Å²) in [4.78, 5) is 17.5. The Balaban J connectivity index is 2.11. The zero-order chi connectivity index (χ0) is 18.7. The summed E-state index contributed by atoms with van der Waals surface area (Å²) in [6.45, 7) is 5.77. The van der Waals surface area contributed by atoms with Crippen molar-refractivity contribution in [3.05, 3.63) is 59.7 Å². The number of ether oxygens (including phenoxy) is 2. The van der Waals surface area contributed by atoms with Crippen LogP contribution in [0, 0.1) is 6.92 Å². The van der Waals surface area contributed by atoms with E-state index >= 15 is 0 Å². The summed E-state index contributed by atoms with van der Waals surface area (Å²) in [6.07, 6.45) is -0.0990. The second-order valence-corrected chi connectivity index (χ2v) is 6.17. The summed E-state index contributed by atoms with van der Waals surface area (Å²) in [7, 11) is 1.53. The average Bonchev–Trinajstić information content (AvgIpc) is 3.04. The Morgan fingerprint density at radius 1 is 1.08 bits per heavy atom. The topological polar surface area (TPSA) is 66.2 Å². The molecule has 1 aromatic heterocycles. The second-order valence-electron chi connectivity index (χ2n) is 6.17. The zero-order valence-electron chi connectivity index (χ0n) is 15.3. The summed E-state index contributed by atoms with van der Waals surface area (Å²) >= 11 is 0. The van der Waals surface area contributed by atoms with Crippen molar-refractivity contribution in [1.82, 2.24) is 14.8 Å². The van der Waals surface area contributed by atoms with Crippen LogP contribution >= 0.6 is 0 Å². The summed E-state index contributed by atoms with van der Waals surface area (Å²) < 4.78 is 12.2. The lowest BCUT2D eigenvalue weighted by molar-refractivity contribution is 0.0940. The van der Waals surface area contributed by atoms with Crippen molar-refractivity contribution in [1.29, 1.82) is 0 Å². The number of carbonyl (C=O) groups excluding carboxylic acids is 1. The lowest BCUT2D eigenvalue weighted by Gasteiger charge is -2.08. The highest BCUT2D eigenvalue weighted by Crippen LogP contribution is 2.25. The van der Waals surface area contributed by atoms with E-state index in [1.165, 1.54) is 11.8 Å². The van der Waals surface area contributed by atoms with Gasteiger partial charge in [0.15, 0.2) is 5.82 Å². The first-order valence-electron chi connectivity index (χ1n) is 8.38. The minimum atomic E-state index is -0.330. The van der Waals surface area contributed by atoms with Crippen molar-refractivity contribution in [2.45, 2.75) is 26.9 Å². The first-order valence-corrected chi connectivity index (χ1v) is 8.38. The average molecular weight is 351 g/mol. The zero-order valence-corrected chi connectivity index (χ0v) is 15.3. The van der Waals surface area contributed by atoms with Gasteiger partial charge in [-0.15, -0.1) is 5.10 Å². The SMILES string of the molecule is COc1ccccc1C(=O)n1nc(OC(C)C)nc1-c1ccc(C)cc1. The van der Waals surface area contributed by atoms with Crippen LogP contribution in [0.2, 0.25) is 0 Å². The van der Waals surface area contributed by atoms with Gasteiger partial charge in [0.25, 0.3) is 5.91 Å². The third-order valence-electron chi connectivity index (χ3n) is 3.77. The van der Waals surface area contributed by atoms with Crippen molar-refractivity contribution in [2.24, 2.45) is 0 Å². The van der Waals surface area contributed by atoms with Gasteiger partial charge in [0.2, 0.25) is 0 Å². The molecule has 0 fully saturated rings. The Bertz CT molecular complexity index is 914. The Morgan fingerprint density at radius 2 is 1.77 bits per heavy atom. The number of benzene rings is 2. The summed E-state index contributed by atoms with van der Waals surface area (Å²) in [6, 6.07) is 14.9. The largest absolute Gasteiger partial charge is 0.496 e. The minimum Gasteiger partial charge on any atom is -0.496 e. The van der Waals surface area contributed by atoms with E-state index in [9.17, 15) is 4.79 Å². The van der Waals surface area contributed by atoms with Crippen LogP contribution in [0.3, 0.4) is 0 Å². The van der Waals surface area contributed by atoms with Gasteiger partial charge in [0, 0.05) is 5.56 Å². The van der Waals surface area contributed by atoms with Gasteiger partial charge in [-0.2, -0.15) is 9.67 Å². The fourth-order valence-corrected chi connectivity index (χ4v) is 2.52. The molecule has 6 heteroatoms. The first-order chi connectivity index (χ1) is 12.5. The maximum atomic E-state index is 13.1. The van der Waals surface area contributed by atoms with Gasteiger partial charge in [-0.25, -0.2) is 0 Å².